The number of nitrogens with zero attached hydrogens (tertiary/aromatic N) is 4. The molecule has 0 radical (unpaired) electrons. The van der Waals surface area contributed by atoms with E-state index >= 15 is 0 Å². The molecule has 10 nitrogen and oxygen atoms in total. The summed E-state index contributed by atoms with van der Waals surface area (Å²) < 4.78 is 51.2. The lowest BCUT2D eigenvalue weighted by Crippen LogP contribution is -2.43. The largest absolute Gasteiger partial charge is 0.494 e. The van der Waals surface area contributed by atoms with Crippen LogP contribution in [0.5, 0.6) is 5.75 Å². The third-order valence-corrected chi connectivity index (χ3v) is 7.17. The number of amides is 2. The summed E-state index contributed by atoms with van der Waals surface area (Å²) in [6.45, 7) is 2.68. The number of hydrogen-bond acceptors (Lipinski definition) is 8. The quantitative estimate of drug-likeness (QED) is 0.325. The first-order valence-corrected chi connectivity index (χ1v) is 13.3. The molecule has 1 aromatic carbocycles. The molecule has 0 aliphatic carbocycles. The van der Waals surface area contributed by atoms with Crippen molar-refractivity contribution in [1.82, 2.24) is 25.2 Å². The molecule has 0 spiro atoms. The monoisotopic (exact) mass is 582 g/mol. The Labute approximate surface area is 239 Å². The molecular formula is C29H29F3N6O4. The van der Waals surface area contributed by atoms with Crippen LogP contribution < -0.4 is 15.8 Å². The van der Waals surface area contributed by atoms with Crippen molar-refractivity contribution in [2.75, 3.05) is 20.2 Å². The zero-order valence-electron chi connectivity index (χ0n) is 22.9. The number of halogens is 3. The van der Waals surface area contributed by atoms with Gasteiger partial charge >= 0.3 is 6.18 Å². The van der Waals surface area contributed by atoms with Gasteiger partial charge in [0.1, 0.15) is 17.0 Å². The van der Waals surface area contributed by atoms with Gasteiger partial charge < -0.3 is 25.1 Å². The standard InChI is InChI=1S/C29H29F3N6O4/c1-16(33)25-24(28(40)38-12-9-18(10-13-38)26(39)35-15-17-4-3-11-34-14-17)37-27(42-25)20-5-7-21(41-2)23-19(20)6-8-22(36-23)29(30,31)32/h3-8,11,14,16,18H,9-10,12-13,15,33H2,1-2H3,(H,35,39)/t16-/m0/s1. The van der Waals surface area contributed by atoms with Crippen molar-refractivity contribution in [2.45, 2.75) is 38.5 Å². The van der Waals surface area contributed by atoms with Crippen LogP contribution in [-0.4, -0.2) is 51.9 Å². The molecule has 1 aliphatic rings. The number of ether oxygens (including phenoxy) is 1. The molecule has 1 fully saturated rings. The first kappa shape index (κ1) is 29.0. The molecule has 42 heavy (non-hydrogen) atoms. The molecule has 4 heterocycles. The Bertz CT molecular complexity index is 1600. The molecule has 5 rings (SSSR count). The molecule has 220 valence electrons. The van der Waals surface area contributed by atoms with Crippen molar-refractivity contribution in [3.8, 4) is 17.2 Å². The molecule has 0 bridgehead atoms. The maximum Gasteiger partial charge on any atom is 0.433 e. The van der Waals surface area contributed by atoms with E-state index in [4.69, 9.17) is 14.9 Å². The van der Waals surface area contributed by atoms with E-state index in [1.807, 2.05) is 6.07 Å². The summed E-state index contributed by atoms with van der Waals surface area (Å²) in [6.07, 6.45) is -0.351. The second-order valence-electron chi connectivity index (χ2n) is 10.1. The lowest BCUT2D eigenvalue weighted by Gasteiger charge is -2.31. The predicted octanol–water partition coefficient (Wildman–Crippen LogP) is 4.50. The van der Waals surface area contributed by atoms with Crippen molar-refractivity contribution in [3.63, 3.8) is 0 Å². The number of pyridine rings is 2. The SMILES string of the molecule is COc1ccc(-c2nc(C(=O)N3CCC(C(=O)NCc4cccnc4)CC3)c([C@H](C)N)o2)c2ccc(C(F)(F)F)nc12. The Morgan fingerprint density at radius 2 is 1.93 bits per heavy atom. The summed E-state index contributed by atoms with van der Waals surface area (Å²) in [5.41, 5.74) is 6.27. The average Bonchev–Trinajstić information content (AvgIpc) is 3.44. The van der Waals surface area contributed by atoms with E-state index in [1.54, 1.807) is 36.4 Å². The normalized spacial score (nSPS) is 15.0. The average molecular weight is 583 g/mol. The van der Waals surface area contributed by atoms with Crippen LogP contribution in [0.4, 0.5) is 13.2 Å². The van der Waals surface area contributed by atoms with Crippen LogP contribution in [0.3, 0.4) is 0 Å². The fourth-order valence-corrected chi connectivity index (χ4v) is 4.94. The molecular weight excluding hydrogens is 553 g/mol. The van der Waals surface area contributed by atoms with E-state index in [2.05, 4.69) is 20.3 Å². The number of carbonyl (C=O) groups is 2. The van der Waals surface area contributed by atoms with Gasteiger partial charge in [-0.3, -0.25) is 14.6 Å². The van der Waals surface area contributed by atoms with Crippen LogP contribution in [0, 0.1) is 5.92 Å². The van der Waals surface area contributed by atoms with Gasteiger partial charge in [-0.05, 0) is 55.7 Å². The van der Waals surface area contributed by atoms with Crippen LogP contribution in [0.15, 0.2) is 53.2 Å². The Morgan fingerprint density at radius 3 is 2.57 bits per heavy atom. The number of likely N-dealkylation sites (tertiary alicyclic amines) is 1. The number of piperidine rings is 1. The summed E-state index contributed by atoms with van der Waals surface area (Å²) in [7, 11) is 1.33. The molecule has 1 aliphatic heterocycles. The number of nitrogens with two attached hydrogens (primary N) is 1. The van der Waals surface area contributed by atoms with Gasteiger partial charge in [0.05, 0.1) is 13.2 Å². The molecule has 3 N–H and O–H groups in total. The number of methoxy groups -OCH3 is 1. The zero-order valence-corrected chi connectivity index (χ0v) is 22.9. The number of fused-ring (bicyclic) bond motifs is 1. The highest BCUT2D eigenvalue weighted by Gasteiger charge is 2.34. The van der Waals surface area contributed by atoms with Crippen molar-refractivity contribution >= 4 is 22.7 Å². The first-order chi connectivity index (χ1) is 20.1. The van der Waals surface area contributed by atoms with E-state index in [0.717, 1.165) is 11.6 Å². The van der Waals surface area contributed by atoms with Crippen molar-refractivity contribution < 1.29 is 31.9 Å². The number of aromatic nitrogens is 3. The third-order valence-electron chi connectivity index (χ3n) is 7.17. The minimum Gasteiger partial charge on any atom is -0.494 e. The number of alkyl halides is 3. The van der Waals surface area contributed by atoms with Gasteiger partial charge in [-0.2, -0.15) is 13.2 Å². The number of carbonyl (C=O) groups excluding carboxylic acids is 2. The highest BCUT2D eigenvalue weighted by Crippen LogP contribution is 2.37. The van der Waals surface area contributed by atoms with Crippen LogP contribution >= 0.6 is 0 Å². The highest BCUT2D eigenvalue weighted by molar-refractivity contribution is 5.98. The lowest BCUT2D eigenvalue weighted by atomic mass is 9.95. The fourth-order valence-electron chi connectivity index (χ4n) is 4.94. The zero-order chi connectivity index (χ0) is 30.0. The summed E-state index contributed by atoms with van der Waals surface area (Å²) in [5.74, 6) is -0.421. The van der Waals surface area contributed by atoms with Crippen molar-refractivity contribution in [1.29, 1.82) is 0 Å². The van der Waals surface area contributed by atoms with Gasteiger partial charge in [-0.15, -0.1) is 0 Å². The maximum atomic E-state index is 13.6. The third kappa shape index (κ3) is 5.91. The highest BCUT2D eigenvalue weighted by atomic mass is 19.4. The molecule has 0 saturated carbocycles. The number of benzene rings is 1. The Kier molecular flexibility index (Phi) is 8.12. The summed E-state index contributed by atoms with van der Waals surface area (Å²) >= 11 is 0. The van der Waals surface area contributed by atoms with Crippen LogP contribution in [0.1, 0.15) is 53.3 Å². The van der Waals surface area contributed by atoms with Gasteiger partial charge in [0.15, 0.2) is 11.5 Å². The first-order valence-electron chi connectivity index (χ1n) is 13.3. The number of rotatable bonds is 7. The summed E-state index contributed by atoms with van der Waals surface area (Å²) in [4.78, 5) is 40.1. The van der Waals surface area contributed by atoms with E-state index < -0.39 is 23.8 Å². The van der Waals surface area contributed by atoms with Crippen molar-refractivity contribution in [3.05, 3.63) is 71.5 Å². The number of hydrogen-bond donors (Lipinski definition) is 2. The van der Waals surface area contributed by atoms with E-state index in [9.17, 15) is 22.8 Å². The van der Waals surface area contributed by atoms with Gasteiger partial charge in [-0.25, -0.2) is 9.97 Å². The molecule has 1 saturated heterocycles. The van der Waals surface area contributed by atoms with Crippen LogP contribution in [-0.2, 0) is 17.5 Å². The van der Waals surface area contributed by atoms with E-state index in [0.29, 0.717) is 43.4 Å². The van der Waals surface area contributed by atoms with Gasteiger partial charge in [0.25, 0.3) is 5.91 Å². The maximum absolute atomic E-state index is 13.6. The Morgan fingerprint density at radius 1 is 1.17 bits per heavy atom. The summed E-state index contributed by atoms with van der Waals surface area (Å²) in [6, 6.07) is 8.16. The molecule has 1 atom stereocenters. The molecule has 2 amide bonds. The van der Waals surface area contributed by atoms with E-state index in [1.165, 1.54) is 19.2 Å². The smallest absolute Gasteiger partial charge is 0.433 e. The molecule has 0 unspecified atom stereocenters. The van der Waals surface area contributed by atoms with Gasteiger partial charge in [-0.1, -0.05) is 6.07 Å². The fraction of sp³-hybridized carbons (Fsp3) is 0.345. The molecule has 13 heteroatoms. The van der Waals surface area contributed by atoms with Crippen LogP contribution in [0.25, 0.3) is 22.4 Å². The minimum absolute atomic E-state index is 0.0170. The Balaban J connectivity index is 1.36. The second kappa shape index (κ2) is 11.8. The molecule has 3 aromatic heterocycles. The number of oxazole rings is 1. The van der Waals surface area contributed by atoms with Crippen molar-refractivity contribution in [2.24, 2.45) is 11.7 Å². The summed E-state index contributed by atoms with van der Waals surface area (Å²) in [5, 5.41) is 3.22. The lowest BCUT2D eigenvalue weighted by molar-refractivity contribution is -0.141. The Hall–Kier alpha value is -4.52. The van der Waals surface area contributed by atoms with Crippen LogP contribution in [0.2, 0.25) is 0 Å². The minimum atomic E-state index is -4.65. The number of nitrogens with one attached hydrogen (secondary N) is 1. The van der Waals surface area contributed by atoms with Gasteiger partial charge in [0.2, 0.25) is 11.8 Å². The second-order valence-corrected chi connectivity index (χ2v) is 10.1. The topological polar surface area (TPSA) is 136 Å². The van der Waals surface area contributed by atoms with E-state index in [-0.39, 0.29) is 40.4 Å². The molecule has 4 aromatic rings. The van der Waals surface area contributed by atoms with Gasteiger partial charge in [0, 0.05) is 48.9 Å². The predicted molar refractivity (Wildman–Crippen MR) is 146 cm³/mol.